The van der Waals surface area contributed by atoms with E-state index in [2.05, 4.69) is 0 Å². The van der Waals surface area contributed by atoms with Gasteiger partial charge in [0.05, 0.1) is 11.3 Å². The maximum Gasteiger partial charge on any atom is 0.416 e. The fraction of sp³-hybridized carbons (Fsp3) is 0.286. The molecule has 2 N–H and O–H groups in total. The Morgan fingerprint density at radius 1 is 1.05 bits per heavy atom. The van der Waals surface area contributed by atoms with Gasteiger partial charge < -0.3 is 10.3 Å². The van der Waals surface area contributed by atoms with Crippen molar-refractivity contribution in [2.24, 2.45) is 0 Å². The fourth-order valence-corrected chi connectivity index (χ4v) is 1.87. The van der Waals surface area contributed by atoms with E-state index in [4.69, 9.17) is 5.73 Å². The number of alkyl halides is 3. The number of hydrogen-bond donors (Lipinski definition) is 1. The number of nitrogens with zero attached hydrogens (tertiary/aromatic N) is 1. The van der Waals surface area contributed by atoms with Crippen molar-refractivity contribution < 1.29 is 13.2 Å². The number of nitrogens with two attached hydrogens (primary N) is 1. The van der Waals surface area contributed by atoms with Crippen molar-refractivity contribution in [3.05, 3.63) is 42.2 Å². The van der Waals surface area contributed by atoms with Gasteiger partial charge in [-0.1, -0.05) is 12.1 Å². The van der Waals surface area contributed by atoms with Crippen LogP contribution in [-0.4, -0.2) is 4.57 Å². The monoisotopic (exact) mass is 268 g/mol. The van der Waals surface area contributed by atoms with E-state index in [1.807, 2.05) is 24.6 Å². The predicted molar refractivity (Wildman–Crippen MR) is 69.7 cm³/mol. The summed E-state index contributed by atoms with van der Waals surface area (Å²) in [5, 5.41) is 0. The van der Waals surface area contributed by atoms with Gasteiger partial charge in [0.15, 0.2) is 0 Å². The van der Waals surface area contributed by atoms with Gasteiger partial charge in [-0.3, -0.25) is 0 Å². The first kappa shape index (κ1) is 13.5. The summed E-state index contributed by atoms with van der Waals surface area (Å²) in [6.07, 6.45) is -0.672. The molecule has 0 aliphatic rings. The van der Waals surface area contributed by atoms with Crippen LogP contribution in [-0.2, 0) is 6.18 Å². The van der Waals surface area contributed by atoms with Gasteiger partial charge in [-0.15, -0.1) is 0 Å². The van der Waals surface area contributed by atoms with Crippen LogP contribution in [0, 0.1) is 0 Å². The quantitative estimate of drug-likeness (QED) is 0.863. The van der Waals surface area contributed by atoms with Crippen molar-refractivity contribution in [2.45, 2.75) is 26.1 Å². The molecule has 0 aliphatic heterocycles. The number of anilines is 1. The zero-order chi connectivity index (χ0) is 14.2. The second-order valence-electron chi connectivity index (χ2n) is 4.74. The minimum atomic E-state index is -4.31. The average Bonchev–Trinajstić information content (AvgIpc) is 2.70. The Morgan fingerprint density at radius 3 is 2.05 bits per heavy atom. The van der Waals surface area contributed by atoms with Crippen molar-refractivity contribution in [3.8, 4) is 11.1 Å². The van der Waals surface area contributed by atoms with Gasteiger partial charge in [0.25, 0.3) is 0 Å². The van der Waals surface area contributed by atoms with Crippen LogP contribution in [0.5, 0.6) is 0 Å². The molecule has 0 amide bonds. The summed E-state index contributed by atoms with van der Waals surface area (Å²) < 4.78 is 39.4. The van der Waals surface area contributed by atoms with E-state index in [1.54, 1.807) is 6.20 Å². The molecule has 0 unspecified atom stereocenters. The van der Waals surface area contributed by atoms with Crippen LogP contribution in [0.15, 0.2) is 36.7 Å². The summed E-state index contributed by atoms with van der Waals surface area (Å²) in [6.45, 7) is 4.02. The molecule has 102 valence electrons. The van der Waals surface area contributed by atoms with E-state index < -0.39 is 11.7 Å². The van der Waals surface area contributed by atoms with E-state index in [0.717, 1.165) is 17.7 Å². The Labute approximate surface area is 109 Å². The van der Waals surface area contributed by atoms with Crippen LogP contribution in [0.1, 0.15) is 25.5 Å². The van der Waals surface area contributed by atoms with Crippen LogP contribution >= 0.6 is 0 Å². The first-order valence-corrected chi connectivity index (χ1v) is 5.93. The minimum Gasteiger partial charge on any atom is -0.397 e. The highest BCUT2D eigenvalue weighted by Gasteiger charge is 2.30. The van der Waals surface area contributed by atoms with E-state index >= 15 is 0 Å². The maximum atomic E-state index is 12.5. The lowest BCUT2D eigenvalue weighted by Crippen LogP contribution is -2.04. The Hall–Kier alpha value is -1.91. The molecule has 2 nitrogen and oxygen atoms in total. The molecule has 1 aromatic heterocycles. The number of hydrogen-bond acceptors (Lipinski definition) is 1. The van der Waals surface area contributed by atoms with Crippen molar-refractivity contribution >= 4 is 5.69 Å². The van der Waals surface area contributed by atoms with Crippen LogP contribution < -0.4 is 5.73 Å². The van der Waals surface area contributed by atoms with Gasteiger partial charge in [0.2, 0.25) is 0 Å². The lowest BCUT2D eigenvalue weighted by Gasteiger charge is -2.07. The molecule has 0 fully saturated rings. The number of rotatable bonds is 2. The van der Waals surface area contributed by atoms with Crippen molar-refractivity contribution in [1.82, 2.24) is 4.57 Å². The summed E-state index contributed by atoms with van der Waals surface area (Å²) in [4.78, 5) is 0. The van der Waals surface area contributed by atoms with E-state index in [9.17, 15) is 13.2 Å². The topological polar surface area (TPSA) is 30.9 Å². The van der Waals surface area contributed by atoms with Gasteiger partial charge in [0, 0.05) is 24.0 Å². The zero-order valence-corrected chi connectivity index (χ0v) is 10.7. The molecule has 1 aromatic carbocycles. The molecule has 5 heteroatoms. The first-order valence-electron chi connectivity index (χ1n) is 5.93. The maximum absolute atomic E-state index is 12.5. The molecule has 2 rings (SSSR count). The van der Waals surface area contributed by atoms with E-state index in [0.29, 0.717) is 11.3 Å². The second-order valence-corrected chi connectivity index (χ2v) is 4.74. The molecule has 19 heavy (non-hydrogen) atoms. The molecule has 0 aliphatic carbocycles. The summed E-state index contributed by atoms with van der Waals surface area (Å²) in [5.74, 6) is 0. The highest BCUT2D eigenvalue weighted by Crippen LogP contribution is 2.33. The smallest absolute Gasteiger partial charge is 0.397 e. The third kappa shape index (κ3) is 2.75. The molecule has 2 aromatic rings. The number of aromatic nitrogens is 1. The molecule has 0 saturated carbocycles. The van der Waals surface area contributed by atoms with Gasteiger partial charge in [-0.25, -0.2) is 0 Å². The Balaban J connectivity index is 2.37. The largest absolute Gasteiger partial charge is 0.416 e. The molecular formula is C14H15F3N2. The Bertz CT molecular complexity index is 565. The Morgan fingerprint density at radius 2 is 1.63 bits per heavy atom. The van der Waals surface area contributed by atoms with Crippen LogP contribution in [0.3, 0.4) is 0 Å². The van der Waals surface area contributed by atoms with E-state index in [-0.39, 0.29) is 6.04 Å². The molecule has 0 atom stereocenters. The van der Waals surface area contributed by atoms with Gasteiger partial charge in [-0.05, 0) is 31.5 Å². The Kier molecular flexibility index (Phi) is 3.30. The van der Waals surface area contributed by atoms with E-state index in [1.165, 1.54) is 12.1 Å². The fourth-order valence-electron chi connectivity index (χ4n) is 1.87. The van der Waals surface area contributed by atoms with Crippen LogP contribution in [0.25, 0.3) is 11.1 Å². The molecule has 0 spiro atoms. The minimum absolute atomic E-state index is 0.255. The van der Waals surface area contributed by atoms with Crippen molar-refractivity contribution in [2.75, 3.05) is 5.73 Å². The molecule has 0 radical (unpaired) electrons. The summed E-state index contributed by atoms with van der Waals surface area (Å²) >= 11 is 0. The summed E-state index contributed by atoms with van der Waals surface area (Å²) in [5.41, 5.74) is 7.24. The number of benzene rings is 1. The summed E-state index contributed by atoms with van der Waals surface area (Å²) in [7, 11) is 0. The lowest BCUT2D eigenvalue weighted by molar-refractivity contribution is -0.137. The third-order valence-corrected chi connectivity index (χ3v) is 3.00. The van der Waals surface area contributed by atoms with Crippen molar-refractivity contribution in [1.29, 1.82) is 0 Å². The highest BCUT2D eigenvalue weighted by atomic mass is 19.4. The van der Waals surface area contributed by atoms with Crippen LogP contribution in [0.4, 0.5) is 18.9 Å². The average molecular weight is 268 g/mol. The number of halogens is 3. The molecule has 0 bridgehead atoms. The highest BCUT2D eigenvalue weighted by molar-refractivity contribution is 5.76. The molecule has 1 heterocycles. The first-order chi connectivity index (χ1) is 8.79. The normalized spacial score (nSPS) is 12.1. The SMILES string of the molecule is CC(C)n1cc(N)c(-c2ccc(C(F)(F)F)cc2)c1. The molecular weight excluding hydrogens is 253 g/mol. The second kappa shape index (κ2) is 4.64. The predicted octanol–water partition coefficient (Wildman–Crippen LogP) is 4.34. The van der Waals surface area contributed by atoms with Gasteiger partial charge in [-0.2, -0.15) is 13.2 Å². The number of nitrogen functional groups attached to an aromatic ring is 1. The van der Waals surface area contributed by atoms with Gasteiger partial charge in [0.1, 0.15) is 0 Å². The third-order valence-electron chi connectivity index (χ3n) is 3.00. The van der Waals surface area contributed by atoms with Crippen LogP contribution in [0.2, 0.25) is 0 Å². The standard InChI is InChI=1S/C14H15F3N2/c1-9(2)19-7-12(13(18)8-19)10-3-5-11(6-4-10)14(15,16)17/h3-9H,18H2,1-2H3. The molecule has 0 saturated heterocycles. The zero-order valence-electron chi connectivity index (χ0n) is 10.7. The lowest BCUT2D eigenvalue weighted by atomic mass is 10.1. The van der Waals surface area contributed by atoms with Gasteiger partial charge >= 0.3 is 6.18 Å². The van der Waals surface area contributed by atoms with Crippen molar-refractivity contribution in [3.63, 3.8) is 0 Å². The summed E-state index contributed by atoms with van der Waals surface area (Å²) in [6, 6.07) is 5.28.